The molecule has 0 radical (unpaired) electrons. The second kappa shape index (κ2) is 7.65. The third-order valence-electron chi connectivity index (χ3n) is 3.05. The predicted molar refractivity (Wildman–Crippen MR) is 87.9 cm³/mol. The Labute approximate surface area is 131 Å². The van der Waals surface area contributed by atoms with Gasteiger partial charge in [0.2, 0.25) is 11.9 Å². The number of benzene rings is 1. The molecule has 0 bridgehead atoms. The molecule has 0 aliphatic rings. The van der Waals surface area contributed by atoms with E-state index in [1.54, 1.807) is 11.7 Å². The van der Waals surface area contributed by atoms with Crippen molar-refractivity contribution >= 4 is 11.9 Å². The fourth-order valence-corrected chi connectivity index (χ4v) is 2.12. The maximum absolute atomic E-state index is 5.78. The van der Waals surface area contributed by atoms with Crippen LogP contribution in [0.1, 0.15) is 12.0 Å². The van der Waals surface area contributed by atoms with Crippen molar-refractivity contribution in [3.63, 3.8) is 0 Å². The molecule has 0 aliphatic heterocycles. The lowest BCUT2D eigenvalue weighted by molar-refractivity contribution is 0.313. The minimum atomic E-state index is 0.277. The average molecular weight is 304 g/mol. The Morgan fingerprint density at radius 3 is 2.86 bits per heavy atom. The van der Waals surface area contributed by atoms with Gasteiger partial charge in [0.25, 0.3) is 0 Å². The molecule has 7 heteroatoms. The number of rotatable bonds is 8. The Morgan fingerprint density at radius 1 is 1.36 bits per heavy atom. The number of nitrogens with two attached hydrogens (primary N) is 1. The molecule has 0 atom stereocenters. The second-order valence-corrected chi connectivity index (χ2v) is 5.43. The highest BCUT2D eigenvalue weighted by atomic mass is 16.5. The van der Waals surface area contributed by atoms with Gasteiger partial charge in [-0.05, 0) is 38.2 Å². The number of aromatic nitrogens is 3. The molecule has 1 aromatic heterocycles. The monoisotopic (exact) mass is 304 g/mol. The smallest absolute Gasteiger partial charge is 0.241 e. The van der Waals surface area contributed by atoms with Gasteiger partial charge in [-0.2, -0.15) is 4.98 Å². The summed E-state index contributed by atoms with van der Waals surface area (Å²) < 4.78 is 7.40. The fraction of sp³-hybridized carbons (Fsp3) is 0.467. The Bertz CT molecular complexity index is 595. The summed E-state index contributed by atoms with van der Waals surface area (Å²) in [5.41, 5.74) is 6.77. The molecule has 7 nitrogen and oxygen atoms in total. The molecule has 0 spiro atoms. The predicted octanol–water partition coefficient (Wildman–Crippen LogP) is 1.34. The SMILES string of the molecule is CN(C)Cc1cccc(OCCCNc2nc(N)nn2C)c1. The molecule has 1 heterocycles. The summed E-state index contributed by atoms with van der Waals surface area (Å²) in [6.45, 7) is 2.31. The van der Waals surface area contributed by atoms with Crippen molar-refractivity contribution in [2.24, 2.45) is 7.05 Å². The minimum absolute atomic E-state index is 0.277. The minimum Gasteiger partial charge on any atom is -0.494 e. The van der Waals surface area contributed by atoms with Crippen LogP contribution in [0.15, 0.2) is 24.3 Å². The molecule has 0 saturated heterocycles. The van der Waals surface area contributed by atoms with Gasteiger partial charge >= 0.3 is 0 Å². The molecule has 0 aliphatic carbocycles. The molecular weight excluding hydrogens is 280 g/mol. The highest BCUT2D eigenvalue weighted by molar-refractivity contribution is 5.31. The normalized spacial score (nSPS) is 10.9. The molecule has 0 fully saturated rings. The van der Waals surface area contributed by atoms with Crippen molar-refractivity contribution in [3.8, 4) is 5.75 Å². The number of hydrogen-bond acceptors (Lipinski definition) is 6. The van der Waals surface area contributed by atoms with E-state index in [0.717, 1.165) is 25.3 Å². The van der Waals surface area contributed by atoms with E-state index in [-0.39, 0.29) is 5.95 Å². The largest absolute Gasteiger partial charge is 0.494 e. The Hall–Kier alpha value is -2.28. The zero-order valence-corrected chi connectivity index (χ0v) is 13.4. The van der Waals surface area contributed by atoms with Crippen molar-refractivity contribution in [1.29, 1.82) is 0 Å². The van der Waals surface area contributed by atoms with Gasteiger partial charge in [-0.1, -0.05) is 12.1 Å². The lowest BCUT2D eigenvalue weighted by Crippen LogP contribution is -2.11. The standard InChI is InChI=1S/C15H24N6O/c1-20(2)11-12-6-4-7-13(10-12)22-9-5-8-17-15-18-14(16)19-21(15)3/h4,6-7,10H,5,8-9,11H2,1-3H3,(H3,16,17,18,19). The number of aryl methyl sites for hydroxylation is 1. The van der Waals surface area contributed by atoms with E-state index in [1.165, 1.54) is 5.56 Å². The van der Waals surface area contributed by atoms with E-state index in [1.807, 2.05) is 12.1 Å². The van der Waals surface area contributed by atoms with Crippen molar-refractivity contribution in [2.45, 2.75) is 13.0 Å². The average Bonchev–Trinajstić information content (AvgIpc) is 2.76. The summed E-state index contributed by atoms with van der Waals surface area (Å²) in [5.74, 6) is 1.85. The Balaban J connectivity index is 1.71. The summed E-state index contributed by atoms with van der Waals surface area (Å²) in [4.78, 5) is 6.21. The van der Waals surface area contributed by atoms with Crippen LogP contribution in [0.25, 0.3) is 0 Å². The number of ether oxygens (including phenoxy) is 1. The number of hydrogen-bond donors (Lipinski definition) is 2. The van der Waals surface area contributed by atoms with Crippen LogP contribution in [0.5, 0.6) is 5.75 Å². The number of nitrogens with zero attached hydrogens (tertiary/aromatic N) is 4. The molecule has 2 aromatic rings. The van der Waals surface area contributed by atoms with Crippen LogP contribution in [-0.2, 0) is 13.6 Å². The third kappa shape index (κ3) is 4.92. The Morgan fingerprint density at radius 2 is 2.18 bits per heavy atom. The summed E-state index contributed by atoms with van der Waals surface area (Å²) >= 11 is 0. The van der Waals surface area contributed by atoms with Crippen molar-refractivity contribution in [2.75, 3.05) is 38.3 Å². The number of nitrogen functional groups attached to an aromatic ring is 1. The highest BCUT2D eigenvalue weighted by Crippen LogP contribution is 2.14. The van der Waals surface area contributed by atoms with Gasteiger partial charge < -0.3 is 20.7 Å². The molecule has 1 aromatic carbocycles. The molecule has 120 valence electrons. The summed E-state index contributed by atoms with van der Waals surface area (Å²) in [6, 6.07) is 8.19. The zero-order chi connectivity index (χ0) is 15.9. The van der Waals surface area contributed by atoms with Gasteiger partial charge in [-0.3, -0.25) is 0 Å². The van der Waals surface area contributed by atoms with Crippen LogP contribution >= 0.6 is 0 Å². The van der Waals surface area contributed by atoms with Gasteiger partial charge in [0.1, 0.15) is 5.75 Å². The fourth-order valence-electron chi connectivity index (χ4n) is 2.12. The first kappa shape index (κ1) is 16.1. The third-order valence-corrected chi connectivity index (χ3v) is 3.05. The van der Waals surface area contributed by atoms with Crippen LogP contribution < -0.4 is 15.8 Å². The lowest BCUT2D eigenvalue weighted by atomic mass is 10.2. The lowest BCUT2D eigenvalue weighted by Gasteiger charge is -2.12. The summed E-state index contributed by atoms with van der Waals surface area (Å²) in [5, 5.41) is 7.16. The second-order valence-electron chi connectivity index (χ2n) is 5.43. The van der Waals surface area contributed by atoms with Gasteiger partial charge in [-0.25, -0.2) is 4.68 Å². The summed E-state index contributed by atoms with van der Waals surface area (Å²) in [7, 11) is 5.91. The molecular formula is C15H24N6O. The van der Waals surface area contributed by atoms with Gasteiger partial charge in [0.15, 0.2) is 0 Å². The maximum Gasteiger partial charge on any atom is 0.241 e. The zero-order valence-electron chi connectivity index (χ0n) is 13.4. The van der Waals surface area contributed by atoms with Crippen LogP contribution in [0.2, 0.25) is 0 Å². The van der Waals surface area contributed by atoms with E-state index in [2.05, 4.69) is 46.5 Å². The molecule has 3 N–H and O–H groups in total. The first-order valence-electron chi connectivity index (χ1n) is 7.31. The molecule has 22 heavy (non-hydrogen) atoms. The van der Waals surface area contributed by atoms with Gasteiger partial charge in [0, 0.05) is 20.1 Å². The molecule has 2 rings (SSSR count). The van der Waals surface area contributed by atoms with Crippen LogP contribution in [-0.4, -0.2) is 46.9 Å². The van der Waals surface area contributed by atoms with E-state index in [4.69, 9.17) is 10.5 Å². The highest BCUT2D eigenvalue weighted by Gasteiger charge is 2.03. The quantitative estimate of drug-likeness (QED) is 0.716. The van der Waals surface area contributed by atoms with E-state index < -0.39 is 0 Å². The first-order chi connectivity index (χ1) is 10.5. The van der Waals surface area contributed by atoms with Crippen molar-refractivity contribution in [3.05, 3.63) is 29.8 Å². The van der Waals surface area contributed by atoms with Crippen molar-refractivity contribution in [1.82, 2.24) is 19.7 Å². The topological polar surface area (TPSA) is 81.2 Å². The molecule has 0 saturated carbocycles. The number of anilines is 2. The van der Waals surface area contributed by atoms with E-state index in [9.17, 15) is 0 Å². The van der Waals surface area contributed by atoms with Crippen LogP contribution in [0.4, 0.5) is 11.9 Å². The Kier molecular flexibility index (Phi) is 5.60. The molecule has 0 unspecified atom stereocenters. The van der Waals surface area contributed by atoms with Gasteiger partial charge in [-0.15, -0.1) is 5.10 Å². The van der Waals surface area contributed by atoms with Crippen molar-refractivity contribution < 1.29 is 4.74 Å². The maximum atomic E-state index is 5.78. The first-order valence-corrected chi connectivity index (χ1v) is 7.31. The van der Waals surface area contributed by atoms with Gasteiger partial charge in [0.05, 0.1) is 6.61 Å². The molecule has 0 amide bonds. The summed E-state index contributed by atoms with van der Waals surface area (Å²) in [6.07, 6.45) is 0.866. The van der Waals surface area contributed by atoms with Crippen LogP contribution in [0.3, 0.4) is 0 Å². The van der Waals surface area contributed by atoms with Crippen LogP contribution in [0, 0.1) is 0 Å². The van der Waals surface area contributed by atoms with E-state index >= 15 is 0 Å². The number of nitrogens with one attached hydrogen (secondary N) is 1. The van der Waals surface area contributed by atoms with E-state index in [0.29, 0.717) is 12.6 Å².